The molecule has 0 aromatic rings. The molecule has 0 unspecified atom stereocenters. The number of hydrogen-bond acceptors (Lipinski definition) is 0. The zero-order valence-electron chi connectivity index (χ0n) is 2.67. The van der Waals surface area contributed by atoms with Crippen molar-refractivity contribution in [2.75, 3.05) is 0 Å². The molecule has 0 rings (SSSR count). The van der Waals surface area contributed by atoms with Crippen LogP contribution in [0.4, 0.5) is 0 Å². The zero-order chi connectivity index (χ0) is 0. The molecule has 0 amide bonds. The smallest absolute Gasteiger partial charge is 2.00 e. The van der Waals surface area contributed by atoms with Crippen molar-refractivity contribution >= 4 is 11.0 Å². The molecular weight excluding hydrogens is 134 g/mol. The van der Waals surface area contributed by atoms with Gasteiger partial charge in [-0.25, -0.2) is 0 Å². The summed E-state index contributed by atoms with van der Waals surface area (Å²) < 4.78 is 0. The zero-order valence-corrected chi connectivity index (χ0v) is 4.07. The van der Waals surface area contributed by atoms with Gasteiger partial charge in [0.25, 0.3) is 0 Å². The summed E-state index contributed by atoms with van der Waals surface area (Å²) in [5.74, 6) is 0. The molecule has 32 valence electrons. The van der Waals surface area contributed by atoms with E-state index in [0.29, 0.717) is 0 Å². The molecule has 0 aromatic heterocycles. The van der Waals surface area contributed by atoms with Crippen LogP contribution in [0.3, 0.4) is 0 Å². The molecule has 0 radical (unpaired) electrons. The van der Waals surface area contributed by atoms with Crippen LogP contribution in [0.5, 0.6) is 0 Å². The Kier molecular flexibility index (Phi) is 3130. The van der Waals surface area contributed by atoms with Crippen molar-refractivity contribution in [1.29, 1.82) is 0 Å². The Morgan fingerprint density at radius 2 is 0.667 bits per heavy atom. The first-order valence-corrected chi connectivity index (χ1v) is 0. The minimum Gasteiger partial charge on any atom is -2.00 e. The summed E-state index contributed by atoms with van der Waals surface area (Å²) >= 11 is 0. The quantitative estimate of drug-likeness (QED) is 0.301. The minimum absolute atomic E-state index is 0. The van der Waals surface area contributed by atoms with E-state index >= 15 is 0 Å². The standard InChI is InChI=1S/Li.3O.H4Si.V/h;;;;1H4;/q+1;3*-2;;+5. The van der Waals surface area contributed by atoms with Crippen molar-refractivity contribution < 1.29 is 53.8 Å². The largest absolute Gasteiger partial charge is 5.00 e. The summed E-state index contributed by atoms with van der Waals surface area (Å²) in [6.45, 7) is 0. The molecule has 0 fully saturated rings. The van der Waals surface area contributed by atoms with Gasteiger partial charge in [0.15, 0.2) is 0 Å². The molecule has 6 heavy (non-hydrogen) atoms. The van der Waals surface area contributed by atoms with Gasteiger partial charge in [-0.15, -0.1) is 0 Å². The van der Waals surface area contributed by atoms with Crippen molar-refractivity contribution in [2.45, 2.75) is 0 Å². The van der Waals surface area contributed by atoms with Crippen LogP contribution in [-0.4, -0.2) is 11.0 Å². The molecule has 0 saturated carbocycles. The molecule has 0 N–H and O–H groups in total. The molecule has 0 aromatic carbocycles. The van der Waals surface area contributed by atoms with E-state index in [1.807, 2.05) is 0 Å². The third kappa shape index (κ3) is 59.1. The van der Waals surface area contributed by atoms with E-state index in [1.54, 1.807) is 0 Å². The van der Waals surface area contributed by atoms with Gasteiger partial charge in [-0.1, -0.05) is 0 Å². The van der Waals surface area contributed by atoms with Gasteiger partial charge < -0.3 is 16.4 Å². The van der Waals surface area contributed by atoms with Crippen molar-refractivity contribution in [3.63, 3.8) is 0 Å². The van der Waals surface area contributed by atoms with Crippen molar-refractivity contribution in [1.82, 2.24) is 0 Å². The predicted octanol–water partition coefficient (Wildman–Crippen LogP) is -4.81. The van der Waals surface area contributed by atoms with E-state index in [-0.39, 0.29) is 64.8 Å². The first-order valence-electron chi connectivity index (χ1n) is 0. The first-order chi connectivity index (χ1) is 0. The number of rotatable bonds is 0. The fraction of sp³-hybridized carbons (Fsp3) is 0. The molecule has 6 heteroatoms. The summed E-state index contributed by atoms with van der Waals surface area (Å²) in [6.07, 6.45) is 0. The van der Waals surface area contributed by atoms with Crippen LogP contribution in [0.1, 0.15) is 0 Å². The van der Waals surface area contributed by atoms with Crippen LogP contribution in [-0.2, 0) is 35.0 Å². The third-order valence-corrected chi connectivity index (χ3v) is 0. The monoisotopic (exact) mass is 138 g/mol. The van der Waals surface area contributed by atoms with E-state index in [2.05, 4.69) is 0 Å². The average Bonchev–Trinajstić information content (AvgIpc) is 0. The van der Waals surface area contributed by atoms with Gasteiger partial charge in [0.1, 0.15) is 0 Å². The molecule has 0 aliphatic heterocycles. The Bertz CT molecular complexity index is 10.8. The Morgan fingerprint density at radius 3 is 0.667 bits per heavy atom. The van der Waals surface area contributed by atoms with E-state index in [4.69, 9.17) is 0 Å². The van der Waals surface area contributed by atoms with Crippen LogP contribution < -0.4 is 18.9 Å². The van der Waals surface area contributed by atoms with Gasteiger partial charge >= 0.3 is 37.4 Å². The number of hydrogen-bond donors (Lipinski definition) is 0. The van der Waals surface area contributed by atoms with E-state index in [0.717, 1.165) is 0 Å². The Balaban J connectivity index is 0. The van der Waals surface area contributed by atoms with Gasteiger partial charge in [0.05, 0.1) is 0 Å². The molecule has 0 bridgehead atoms. The molecule has 3 nitrogen and oxygen atoms in total. The normalized spacial score (nSPS) is 0. The van der Waals surface area contributed by atoms with Crippen LogP contribution >= 0.6 is 0 Å². The summed E-state index contributed by atoms with van der Waals surface area (Å²) in [6, 6.07) is 0. The molecule has 0 aliphatic rings. The molecular formula is H4LiO3SiV. The second-order valence-electron chi connectivity index (χ2n) is 0. The summed E-state index contributed by atoms with van der Waals surface area (Å²) in [4.78, 5) is 0. The fourth-order valence-electron chi connectivity index (χ4n) is 0. The van der Waals surface area contributed by atoms with Crippen LogP contribution in [0.15, 0.2) is 0 Å². The van der Waals surface area contributed by atoms with Gasteiger partial charge in [-0.05, 0) is 11.0 Å². The topological polar surface area (TPSA) is 85.5 Å². The molecule has 0 heterocycles. The Hall–Kier alpha value is 1.28. The molecule has 0 spiro atoms. The second kappa shape index (κ2) is 107. The maximum atomic E-state index is 0. The van der Waals surface area contributed by atoms with Crippen molar-refractivity contribution in [2.24, 2.45) is 0 Å². The maximum absolute atomic E-state index is 0. The molecule has 0 saturated heterocycles. The molecule has 0 atom stereocenters. The fourth-order valence-corrected chi connectivity index (χ4v) is 0. The van der Waals surface area contributed by atoms with Gasteiger partial charge in [0, 0.05) is 0 Å². The molecule has 0 aliphatic carbocycles. The summed E-state index contributed by atoms with van der Waals surface area (Å²) in [7, 11) is 0. The van der Waals surface area contributed by atoms with Crippen molar-refractivity contribution in [3.05, 3.63) is 0 Å². The van der Waals surface area contributed by atoms with Crippen molar-refractivity contribution in [3.8, 4) is 0 Å². The third-order valence-electron chi connectivity index (χ3n) is 0. The second-order valence-corrected chi connectivity index (χ2v) is 0. The van der Waals surface area contributed by atoms with Gasteiger partial charge in [0.2, 0.25) is 0 Å². The Labute approximate surface area is 64.9 Å². The maximum Gasteiger partial charge on any atom is 5.00 e. The van der Waals surface area contributed by atoms with Crippen LogP contribution in [0.25, 0.3) is 0 Å². The van der Waals surface area contributed by atoms with E-state index in [1.165, 1.54) is 0 Å². The first kappa shape index (κ1) is 175. The minimum atomic E-state index is 0. The summed E-state index contributed by atoms with van der Waals surface area (Å²) in [5, 5.41) is 0. The SMILES string of the molecule is [Li+].[O-2].[O-2].[O-2].[SiH4].[V+5]. The van der Waals surface area contributed by atoms with E-state index < -0.39 is 0 Å². The summed E-state index contributed by atoms with van der Waals surface area (Å²) in [5.41, 5.74) is 0. The Morgan fingerprint density at radius 1 is 0.667 bits per heavy atom. The van der Waals surface area contributed by atoms with Gasteiger partial charge in [-0.3, -0.25) is 0 Å². The van der Waals surface area contributed by atoms with E-state index in [9.17, 15) is 0 Å². The average molecular weight is 138 g/mol. The predicted molar refractivity (Wildman–Crippen MR) is 13.4 cm³/mol. The van der Waals surface area contributed by atoms with Gasteiger partial charge in [-0.2, -0.15) is 0 Å². The van der Waals surface area contributed by atoms with Crippen LogP contribution in [0.2, 0.25) is 0 Å². The van der Waals surface area contributed by atoms with Crippen LogP contribution in [0, 0.1) is 0 Å².